The maximum Gasteiger partial charge on any atom is 0.387 e. The molecule has 0 amide bonds. The highest BCUT2D eigenvalue weighted by Gasteiger charge is 2.11. The van der Waals surface area contributed by atoms with Gasteiger partial charge in [-0.1, -0.05) is 18.2 Å². The summed E-state index contributed by atoms with van der Waals surface area (Å²) in [6.07, 6.45) is 0. The number of ether oxygens (including phenoxy) is 3. The molecular weight excluding hydrogens is 495 g/mol. The third-order valence-electron chi connectivity index (χ3n) is 3.83. The summed E-state index contributed by atoms with van der Waals surface area (Å²) in [5, 5.41) is 6.39. The van der Waals surface area contributed by atoms with Crippen LogP contribution in [-0.2, 0) is 13.1 Å². The number of halogens is 3. The van der Waals surface area contributed by atoms with Crippen molar-refractivity contribution in [3.63, 3.8) is 0 Å². The first-order valence-electron chi connectivity index (χ1n) is 8.83. The molecule has 9 heteroatoms. The predicted octanol–water partition coefficient (Wildman–Crippen LogP) is 4.18. The lowest BCUT2D eigenvalue weighted by Crippen LogP contribution is -2.36. The topological polar surface area (TPSA) is 64.1 Å². The van der Waals surface area contributed by atoms with Crippen molar-refractivity contribution in [3.05, 3.63) is 53.6 Å². The van der Waals surface area contributed by atoms with Gasteiger partial charge >= 0.3 is 6.61 Å². The van der Waals surface area contributed by atoms with Gasteiger partial charge in [0.15, 0.2) is 17.5 Å². The summed E-state index contributed by atoms with van der Waals surface area (Å²) >= 11 is 0. The Labute approximate surface area is 186 Å². The molecule has 0 bridgehead atoms. The third-order valence-corrected chi connectivity index (χ3v) is 3.83. The summed E-state index contributed by atoms with van der Waals surface area (Å²) in [5.41, 5.74) is 1.92. The number of aliphatic imine (C=N–C) groups is 1. The van der Waals surface area contributed by atoms with Crippen LogP contribution < -0.4 is 24.8 Å². The molecule has 0 fully saturated rings. The largest absolute Gasteiger partial charge is 0.497 e. The zero-order chi connectivity index (χ0) is 20.4. The Morgan fingerprint density at radius 2 is 1.62 bits per heavy atom. The molecule has 0 aliphatic rings. The lowest BCUT2D eigenvalue weighted by Gasteiger charge is -2.15. The van der Waals surface area contributed by atoms with Crippen molar-refractivity contribution in [1.29, 1.82) is 0 Å². The van der Waals surface area contributed by atoms with E-state index >= 15 is 0 Å². The maximum absolute atomic E-state index is 12.5. The van der Waals surface area contributed by atoms with Crippen LogP contribution >= 0.6 is 24.0 Å². The van der Waals surface area contributed by atoms with Crippen LogP contribution in [0, 0.1) is 0 Å². The van der Waals surface area contributed by atoms with Gasteiger partial charge in [0, 0.05) is 20.1 Å². The number of guanidine groups is 1. The Morgan fingerprint density at radius 1 is 1.00 bits per heavy atom. The first-order chi connectivity index (χ1) is 13.5. The highest BCUT2D eigenvalue weighted by atomic mass is 127. The van der Waals surface area contributed by atoms with Crippen LogP contribution in [0.15, 0.2) is 47.5 Å². The summed E-state index contributed by atoms with van der Waals surface area (Å²) in [5.74, 6) is 1.71. The zero-order valence-corrected chi connectivity index (χ0v) is 18.9. The zero-order valence-electron chi connectivity index (χ0n) is 16.6. The normalized spacial score (nSPS) is 10.9. The molecule has 0 spiro atoms. The Bertz CT molecular complexity index is 774. The molecule has 0 aromatic heterocycles. The average Bonchev–Trinajstić information content (AvgIpc) is 2.70. The monoisotopic (exact) mass is 521 g/mol. The summed E-state index contributed by atoms with van der Waals surface area (Å²) in [6.45, 7) is 0.264. The summed E-state index contributed by atoms with van der Waals surface area (Å²) in [7, 11) is 3.30. The molecule has 0 aliphatic heterocycles. The van der Waals surface area contributed by atoms with Gasteiger partial charge < -0.3 is 24.8 Å². The second-order valence-corrected chi connectivity index (χ2v) is 5.72. The summed E-state index contributed by atoms with van der Waals surface area (Å²) in [4.78, 5) is 4.18. The fourth-order valence-corrected chi connectivity index (χ4v) is 2.46. The van der Waals surface area contributed by atoms with E-state index in [0.29, 0.717) is 25.7 Å². The van der Waals surface area contributed by atoms with Gasteiger partial charge in [-0.3, -0.25) is 4.99 Å². The van der Waals surface area contributed by atoms with Crippen LogP contribution in [0.5, 0.6) is 17.2 Å². The molecular formula is C20H26F2IN3O3. The van der Waals surface area contributed by atoms with E-state index in [1.165, 1.54) is 6.07 Å². The highest BCUT2D eigenvalue weighted by Crippen LogP contribution is 2.29. The van der Waals surface area contributed by atoms with Gasteiger partial charge in [-0.15, -0.1) is 24.0 Å². The van der Waals surface area contributed by atoms with E-state index in [2.05, 4.69) is 20.4 Å². The maximum atomic E-state index is 12.5. The van der Waals surface area contributed by atoms with Crippen molar-refractivity contribution in [2.24, 2.45) is 4.99 Å². The van der Waals surface area contributed by atoms with Crippen LogP contribution in [0.4, 0.5) is 8.78 Å². The Balaban J connectivity index is 0.00000420. The molecule has 0 saturated heterocycles. The van der Waals surface area contributed by atoms with E-state index in [0.717, 1.165) is 16.9 Å². The van der Waals surface area contributed by atoms with Crippen molar-refractivity contribution in [3.8, 4) is 17.2 Å². The van der Waals surface area contributed by atoms with Crippen LogP contribution in [0.25, 0.3) is 0 Å². The van der Waals surface area contributed by atoms with Crippen LogP contribution in [0.2, 0.25) is 0 Å². The van der Waals surface area contributed by atoms with E-state index in [-0.39, 0.29) is 35.5 Å². The molecule has 6 nitrogen and oxygen atoms in total. The Hall–Kier alpha value is -2.30. The number of alkyl halides is 2. The van der Waals surface area contributed by atoms with Crippen molar-refractivity contribution in [2.75, 3.05) is 20.8 Å². The van der Waals surface area contributed by atoms with E-state index in [1.54, 1.807) is 33.2 Å². The fraction of sp³-hybridized carbons (Fsp3) is 0.350. The number of benzene rings is 2. The number of hydrogen-bond donors (Lipinski definition) is 2. The second kappa shape index (κ2) is 13.0. The highest BCUT2D eigenvalue weighted by molar-refractivity contribution is 14.0. The van der Waals surface area contributed by atoms with Crippen molar-refractivity contribution in [2.45, 2.75) is 26.6 Å². The predicted molar refractivity (Wildman–Crippen MR) is 120 cm³/mol. The van der Waals surface area contributed by atoms with Gasteiger partial charge in [0.25, 0.3) is 0 Å². The number of nitrogens with zero attached hydrogens (tertiary/aromatic N) is 1. The van der Waals surface area contributed by atoms with Gasteiger partial charge in [-0.25, -0.2) is 0 Å². The molecule has 0 aliphatic carbocycles. The van der Waals surface area contributed by atoms with Crippen LogP contribution in [0.3, 0.4) is 0 Å². The lowest BCUT2D eigenvalue weighted by molar-refractivity contribution is -0.0514. The van der Waals surface area contributed by atoms with E-state index in [9.17, 15) is 8.78 Å². The number of hydrogen-bond acceptors (Lipinski definition) is 4. The Morgan fingerprint density at radius 3 is 2.17 bits per heavy atom. The third kappa shape index (κ3) is 8.30. The van der Waals surface area contributed by atoms with Gasteiger partial charge in [0.05, 0.1) is 13.7 Å². The average molecular weight is 521 g/mol. The minimum Gasteiger partial charge on any atom is -0.497 e. The number of methoxy groups -OCH3 is 1. The second-order valence-electron chi connectivity index (χ2n) is 5.72. The molecule has 0 heterocycles. The molecule has 0 unspecified atom stereocenters. The van der Waals surface area contributed by atoms with Gasteiger partial charge in [0.1, 0.15) is 5.75 Å². The van der Waals surface area contributed by atoms with Gasteiger partial charge in [-0.2, -0.15) is 8.78 Å². The minimum atomic E-state index is -2.90. The summed E-state index contributed by atoms with van der Waals surface area (Å²) in [6, 6.07) is 12.6. The first-order valence-corrected chi connectivity index (χ1v) is 8.83. The van der Waals surface area contributed by atoms with E-state index in [4.69, 9.17) is 9.47 Å². The molecule has 2 rings (SSSR count). The first kappa shape index (κ1) is 24.7. The van der Waals surface area contributed by atoms with Crippen LogP contribution in [0.1, 0.15) is 18.1 Å². The lowest BCUT2D eigenvalue weighted by atomic mass is 10.2. The van der Waals surface area contributed by atoms with Gasteiger partial charge in [0.2, 0.25) is 0 Å². The summed E-state index contributed by atoms with van der Waals surface area (Å²) < 4.78 is 40.0. The molecule has 2 aromatic rings. The van der Waals surface area contributed by atoms with Crippen LogP contribution in [-0.4, -0.2) is 33.3 Å². The fourth-order valence-electron chi connectivity index (χ4n) is 2.46. The molecule has 0 atom stereocenters. The molecule has 29 heavy (non-hydrogen) atoms. The van der Waals surface area contributed by atoms with E-state index in [1.807, 2.05) is 24.3 Å². The van der Waals surface area contributed by atoms with E-state index < -0.39 is 6.61 Å². The SMILES string of the molecule is CCOc1cc(CNC(=NC)NCc2ccc(OC)cc2)ccc1OC(F)F.I. The molecule has 0 radical (unpaired) electrons. The van der Waals surface area contributed by atoms with Crippen molar-refractivity contribution >= 4 is 29.9 Å². The molecule has 0 saturated carbocycles. The number of rotatable bonds is 9. The quantitative estimate of drug-likeness (QED) is 0.295. The van der Waals surface area contributed by atoms with Crippen molar-refractivity contribution < 1.29 is 23.0 Å². The van der Waals surface area contributed by atoms with Gasteiger partial charge in [-0.05, 0) is 42.3 Å². The molecule has 2 aromatic carbocycles. The van der Waals surface area contributed by atoms with Crippen molar-refractivity contribution in [1.82, 2.24) is 10.6 Å². The Kier molecular flexibility index (Phi) is 11.1. The standard InChI is InChI=1S/C20H25F2N3O3.HI/c1-4-27-18-11-15(7-10-17(18)28-19(21)22)13-25-20(23-2)24-12-14-5-8-16(26-3)9-6-14;/h5-11,19H,4,12-13H2,1-3H3,(H2,23,24,25);1H. The molecule has 160 valence electrons. The molecule has 2 N–H and O–H groups in total. The number of nitrogens with one attached hydrogen (secondary N) is 2. The smallest absolute Gasteiger partial charge is 0.387 e. The minimum absolute atomic E-state index is 0.